The molecule has 0 amide bonds. The fourth-order valence-electron chi connectivity index (χ4n) is 1.77. The summed E-state index contributed by atoms with van der Waals surface area (Å²) in [5.41, 5.74) is 0.838. The summed E-state index contributed by atoms with van der Waals surface area (Å²) in [7, 11) is 0. The second-order valence-corrected chi connectivity index (χ2v) is 5.57. The van der Waals surface area contributed by atoms with E-state index in [0.29, 0.717) is 22.2 Å². The molecule has 0 atom stereocenters. The smallest absolute Gasteiger partial charge is 0.153 e. The van der Waals surface area contributed by atoms with Gasteiger partial charge in [-0.3, -0.25) is 0 Å². The number of hydrogen-bond acceptors (Lipinski definition) is 2. The van der Waals surface area contributed by atoms with Crippen molar-refractivity contribution in [2.24, 2.45) is 0 Å². The van der Waals surface area contributed by atoms with Gasteiger partial charge in [-0.05, 0) is 47.6 Å². The fourth-order valence-corrected chi connectivity index (χ4v) is 2.93. The van der Waals surface area contributed by atoms with Crippen molar-refractivity contribution in [3.8, 4) is 11.3 Å². The van der Waals surface area contributed by atoms with E-state index in [0.717, 1.165) is 22.2 Å². The van der Waals surface area contributed by atoms with Gasteiger partial charge in [0.15, 0.2) is 5.76 Å². The van der Waals surface area contributed by atoms with E-state index in [1.54, 1.807) is 12.1 Å². The molecule has 1 saturated carbocycles. The van der Waals surface area contributed by atoms with Gasteiger partial charge in [0.05, 0.1) is 14.2 Å². The molecule has 1 heterocycles. The molecule has 1 fully saturated rings. The third-order valence-corrected chi connectivity index (χ3v) is 4.16. The van der Waals surface area contributed by atoms with Crippen molar-refractivity contribution in [3.05, 3.63) is 38.4 Å². The molecule has 1 aliphatic carbocycles. The van der Waals surface area contributed by atoms with Crippen LogP contribution in [0.4, 0.5) is 4.39 Å². The average Bonchev–Trinajstić information content (AvgIpc) is 3.05. The average molecular weight is 364 g/mol. The lowest BCUT2D eigenvalue weighted by molar-refractivity contribution is 0.385. The molecule has 0 spiro atoms. The summed E-state index contributed by atoms with van der Waals surface area (Å²) in [5, 5.41) is 4.32. The number of benzene rings is 1. The third-order valence-electron chi connectivity index (χ3n) is 2.81. The second-order valence-electron chi connectivity index (χ2n) is 4.08. The van der Waals surface area contributed by atoms with Crippen LogP contribution in [0.5, 0.6) is 0 Å². The molecule has 0 N–H and O–H groups in total. The molecule has 0 radical (unpaired) electrons. The Kier molecular flexibility index (Phi) is 2.86. The largest absolute Gasteiger partial charge is 0.359 e. The summed E-state index contributed by atoms with van der Waals surface area (Å²) >= 11 is 8.16. The topological polar surface area (TPSA) is 26.0 Å². The molecule has 0 unspecified atom stereocenters. The van der Waals surface area contributed by atoms with Gasteiger partial charge in [-0.1, -0.05) is 22.8 Å². The van der Waals surface area contributed by atoms with Crippen LogP contribution < -0.4 is 0 Å². The number of halogens is 3. The van der Waals surface area contributed by atoms with Crippen molar-refractivity contribution >= 4 is 34.2 Å². The Labute approximate surface area is 116 Å². The molecule has 0 aliphatic heterocycles. The van der Waals surface area contributed by atoms with E-state index < -0.39 is 0 Å². The molecule has 2 nitrogen and oxygen atoms in total. The van der Waals surface area contributed by atoms with Crippen LogP contribution in [0, 0.1) is 9.39 Å². The predicted molar refractivity (Wildman–Crippen MR) is 71.6 cm³/mol. The molecule has 88 valence electrons. The quantitative estimate of drug-likeness (QED) is 0.728. The minimum absolute atomic E-state index is 0.328. The lowest BCUT2D eigenvalue weighted by Gasteiger charge is -2.02. The first-order valence-electron chi connectivity index (χ1n) is 5.28. The van der Waals surface area contributed by atoms with Crippen molar-refractivity contribution in [2.45, 2.75) is 18.8 Å². The van der Waals surface area contributed by atoms with Crippen molar-refractivity contribution in [1.29, 1.82) is 0 Å². The lowest BCUT2D eigenvalue weighted by Crippen LogP contribution is -1.88. The summed E-state index contributed by atoms with van der Waals surface area (Å²) in [6.07, 6.45) is 2.24. The Morgan fingerprint density at radius 3 is 2.82 bits per heavy atom. The lowest BCUT2D eigenvalue weighted by atomic mass is 10.1. The maximum atomic E-state index is 13.8. The molecular formula is C12H8ClFINO. The van der Waals surface area contributed by atoms with Crippen LogP contribution in [0.1, 0.15) is 24.5 Å². The van der Waals surface area contributed by atoms with Crippen molar-refractivity contribution in [1.82, 2.24) is 5.16 Å². The zero-order valence-electron chi connectivity index (χ0n) is 8.71. The van der Waals surface area contributed by atoms with Crippen molar-refractivity contribution in [3.63, 3.8) is 0 Å². The molecule has 1 aromatic heterocycles. The molecule has 1 aromatic carbocycles. The van der Waals surface area contributed by atoms with Crippen LogP contribution in [0.15, 0.2) is 22.7 Å². The standard InChI is InChI=1S/C12H8ClFINO/c13-7-2-1-3-8(14)9(7)11-10(15)12(17-16-11)6-4-5-6/h1-3,6H,4-5H2. The summed E-state index contributed by atoms with van der Waals surface area (Å²) in [6, 6.07) is 4.61. The summed E-state index contributed by atoms with van der Waals surface area (Å²) in [4.78, 5) is 0. The van der Waals surface area contributed by atoms with Crippen LogP contribution in [0.2, 0.25) is 5.02 Å². The highest BCUT2D eigenvalue weighted by molar-refractivity contribution is 14.1. The highest BCUT2D eigenvalue weighted by atomic mass is 127. The Morgan fingerprint density at radius 1 is 1.41 bits per heavy atom. The SMILES string of the molecule is Fc1cccc(Cl)c1-c1noc(C2CC2)c1I. The normalized spacial score (nSPS) is 15.2. The van der Waals surface area contributed by atoms with Crippen molar-refractivity contribution < 1.29 is 8.91 Å². The zero-order chi connectivity index (χ0) is 12.0. The minimum atomic E-state index is -0.369. The minimum Gasteiger partial charge on any atom is -0.359 e. The number of nitrogens with zero attached hydrogens (tertiary/aromatic N) is 1. The summed E-state index contributed by atoms with van der Waals surface area (Å²) in [6.45, 7) is 0. The Hall–Kier alpha value is -0.620. The third kappa shape index (κ3) is 1.97. The molecule has 0 bridgehead atoms. The Balaban J connectivity index is 2.15. The highest BCUT2D eigenvalue weighted by Crippen LogP contribution is 2.45. The fraction of sp³-hybridized carbons (Fsp3) is 0.250. The van der Waals surface area contributed by atoms with Crippen LogP contribution in [0.3, 0.4) is 0 Å². The van der Waals surface area contributed by atoms with Gasteiger partial charge in [0, 0.05) is 5.92 Å². The van der Waals surface area contributed by atoms with Gasteiger partial charge in [-0.2, -0.15) is 0 Å². The van der Waals surface area contributed by atoms with E-state index in [-0.39, 0.29) is 5.82 Å². The van der Waals surface area contributed by atoms with Gasteiger partial charge in [0.2, 0.25) is 0 Å². The molecule has 0 saturated heterocycles. The van der Waals surface area contributed by atoms with Gasteiger partial charge in [-0.15, -0.1) is 0 Å². The van der Waals surface area contributed by atoms with E-state index >= 15 is 0 Å². The van der Waals surface area contributed by atoms with E-state index in [1.807, 2.05) is 0 Å². The molecule has 17 heavy (non-hydrogen) atoms. The molecular weight excluding hydrogens is 355 g/mol. The first-order valence-corrected chi connectivity index (χ1v) is 6.73. The Bertz CT molecular complexity index is 560. The first kappa shape index (κ1) is 11.5. The maximum absolute atomic E-state index is 13.8. The van der Waals surface area contributed by atoms with Crippen LogP contribution in [0.25, 0.3) is 11.3 Å². The molecule has 5 heteroatoms. The molecule has 1 aliphatic rings. The summed E-state index contributed by atoms with van der Waals surface area (Å²) < 4.78 is 19.9. The van der Waals surface area contributed by atoms with E-state index in [4.69, 9.17) is 16.1 Å². The maximum Gasteiger partial charge on any atom is 0.153 e. The van der Waals surface area contributed by atoms with Gasteiger partial charge in [0.25, 0.3) is 0 Å². The Morgan fingerprint density at radius 2 is 2.18 bits per heavy atom. The van der Waals surface area contributed by atoms with Crippen molar-refractivity contribution in [2.75, 3.05) is 0 Å². The van der Waals surface area contributed by atoms with Gasteiger partial charge in [-0.25, -0.2) is 4.39 Å². The van der Waals surface area contributed by atoms with Gasteiger partial charge in [0.1, 0.15) is 11.5 Å². The number of rotatable bonds is 2. The predicted octanol–water partition coefficient (Wildman–Crippen LogP) is 4.62. The monoisotopic (exact) mass is 363 g/mol. The second kappa shape index (κ2) is 4.24. The summed E-state index contributed by atoms with van der Waals surface area (Å²) in [5.74, 6) is 0.944. The number of hydrogen-bond donors (Lipinski definition) is 0. The molecule has 3 rings (SSSR count). The van der Waals surface area contributed by atoms with Crippen LogP contribution >= 0.6 is 34.2 Å². The van der Waals surface area contributed by atoms with E-state index in [9.17, 15) is 4.39 Å². The van der Waals surface area contributed by atoms with Crippen LogP contribution in [-0.4, -0.2) is 5.16 Å². The highest BCUT2D eigenvalue weighted by Gasteiger charge is 2.32. The zero-order valence-corrected chi connectivity index (χ0v) is 11.6. The van der Waals surface area contributed by atoms with E-state index in [2.05, 4.69) is 27.7 Å². The van der Waals surface area contributed by atoms with E-state index in [1.165, 1.54) is 6.07 Å². The van der Waals surface area contributed by atoms with Crippen LogP contribution in [-0.2, 0) is 0 Å². The van der Waals surface area contributed by atoms with Gasteiger partial charge < -0.3 is 4.52 Å². The number of aromatic nitrogens is 1. The first-order chi connectivity index (χ1) is 8.18. The van der Waals surface area contributed by atoms with Gasteiger partial charge >= 0.3 is 0 Å². The molecule has 2 aromatic rings.